The van der Waals surface area contributed by atoms with Crippen molar-refractivity contribution in [1.29, 1.82) is 0 Å². The van der Waals surface area contributed by atoms with E-state index < -0.39 is 147 Å². The van der Waals surface area contributed by atoms with Gasteiger partial charge >= 0.3 is 17.9 Å². The van der Waals surface area contributed by atoms with E-state index in [-0.39, 0.29) is 0 Å². The Labute approximate surface area is 267 Å². The van der Waals surface area contributed by atoms with Crippen LogP contribution in [0.25, 0.3) is 0 Å². The first-order valence-electron chi connectivity index (χ1n) is 14.1. The van der Waals surface area contributed by atoms with E-state index in [1.54, 1.807) is 0 Å². The molecule has 0 aromatic heterocycles. The third kappa shape index (κ3) is 7.41. The van der Waals surface area contributed by atoms with Gasteiger partial charge in [-0.2, -0.15) is 0 Å². The summed E-state index contributed by atoms with van der Waals surface area (Å²) in [5.41, 5.74) is 0. The lowest BCUT2D eigenvalue weighted by Gasteiger charge is -2.48. The van der Waals surface area contributed by atoms with E-state index in [9.17, 15) is 85.9 Å². The summed E-state index contributed by atoms with van der Waals surface area (Å²) in [6.45, 7) is -0.946. The summed E-state index contributed by atoms with van der Waals surface area (Å²) < 4.78 is 36.0. The van der Waals surface area contributed by atoms with Crippen LogP contribution in [0.5, 0.6) is 0 Å². The summed E-state index contributed by atoms with van der Waals surface area (Å²) in [4.78, 5) is 35.4. The van der Waals surface area contributed by atoms with E-state index in [1.807, 2.05) is 0 Å². The first-order valence-corrected chi connectivity index (χ1v) is 14.1. The maximum Gasteiger partial charge on any atom is 0.335 e. The van der Waals surface area contributed by atoms with Gasteiger partial charge in [0, 0.05) is 0 Å². The van der Waals surface area contributed by atoms with Crippen molar-refractivity contribution in [2.45, 2.75) is 123 Å². The lowest BCUT2D eigenvalue weighted by Crippen LogP contribution is -2.68. The number of aliphatic hydroxyl groups excluding tert-OH is 11. The highest BCUT2D eigenvalue weighted by Crippen LogP contribution is 2.34. The van der Waals surface area contributed by atoms with Crippen LogP contribution in [-0.4, -0.2) is 219 Å². The van der Waals surface area contributed by atoms with Crippen molar-refractivity contribution >= 4 is 17.9 Å². The molecule has 4 fully saturated rings. The average molecular weight is 709 g/mol. The summed E-state index contributed by atoms with van der Waals surface area (Å²) in [6.07, 6.45) is -43.6. The largest absolute Gasteiger partial charge is 0.479 e. The highest BCUT2D eigenvalue weighted by Gasteiger charge is 2.57. The summed E-state index contributed by atoms with van der Waals surface area (Å²) in [6, 6.07) is 0. The molecule has 4 rings (SSSR count). The SMILES string of the molecule is O=C(O)[C@H]1O[C@H](O[C@@H]2[C@H](O)[C@@H](O)[C@@H](O)O[C@@H]2CO)[C@H](O)[C@@H](O[C@@H]2O[C@H](C(=O)O)[C@@H](O[C@@H]3O[C@H](C(=O)O)[C@@H](O)[C@H](O)[C@H]3O)[C@H](O)[C@H]2O)[C@H]1O. The molecule has 0 spiro atoms. The Morgan fingerprint density at radius 1 is 0.438 bits per heavy atom. The second-order valence-electron chi connectivity index (χ2n) is 11.3. The van der Waals surface area contributed by atoms with Crippen molar-refractivity contribution in [1.82, 2.24) is 0 Å². The molecule has 4 heterocycles. The molecule has 0 amide bonds. The number of rotatable bonds is 10. The Morgan fingerprint density at radius 3 is 1.38 bits per heavy atom. The van der Waals surface area contributed by atoms with Crippen LogP contribution >= 0.6 is 0 Å². The fourth-order valence-corrected chi connectivity index (χ4v) is 5.48. The van der Waals surface area contributed by atoms with Crippen molar-refractivity contribution in [3.8, 4) is 0 Å². The van der Waals surface area contributed by atoms with Crippen LogP contribution in [0.3, 0.4) is 0 Å². The van der Waals surface area contributed by atoms with Gasteiger partial charge < -0.3 is 105 Å². The minimum Gasteiger partial charge on any atom is -0.479 e. The highest BCUT2D eigenvalue weighted by molar-refractivity contribution is 5.74. The summed E-state index contributed by atoms with van der Waals surface area (Å²) in [7, 11) is 0. The predicted molar refractivity (Wildman–Crippen MR) is 136 cm³/mol. The van der Waals surface area contributed by atoms with Gasteiger partial charge in [-0.25, -0.2) is 14.4 Å². The number of ether oxygens (including phenoxy) is 7. The lowest BCUT2D eigenvalue weighted by molar-refractivity contribution is -0.381. The molecule has 14 N–H and O–H groups in total. The molecule has 4 aliphatic heterocycles. The maximum absolute atomic E-state index is 12.1. The quantitative estimate of drug-likeness (QED) is 0.100. The Kier molecular flexibility index (Phi) is 12.3. The third-order valence-corrected chi connectivity index (χ3v) is 8.10. The number of carboxylic acid groups (broad SMARTS) is 3. The van der Waals surface area contributed by atoms with Gasteiger partial charge in [0.1, 0.15) is 79.4 Å². The molecule has 0 aromatic rings. The number of carboxylic acids is 3. The fraction of sp³-hybridized carbons (Fsp3) is 0.875. The number of carbonyl (C=O) groups is 3. The van der Waals surface area contributed by atoms with Gasteiger partial charge in [-0.3, -0.25) is 0 Å². The molecule has 276 valence electrons. The van der Waals surface area contributed by atoms with Gasteiger partial charge in [-0.1, -0.05) is 0 Å². The molecule has 0 saturated carbocycles. The van der Waals surface area contributed by atoms with E-state index in [2.05, 4.69) is 0 Å². The number of hydrogen-bond acceptors (Lipinski definition) is 21. The molecule has 24 heteroatoms. The molecule has 0 bridgehead atoms. The molecule has 0 aromatic carbocycles. The number of aliphatic hydroxyl groups is 11. The van der Waals surface area contributed by atoms with Gasteiger partial charge in [0.05, 0.1) is 6.61 Å². The molecule has 0 unspecified atom stereocenters. The minimum atomic E-state index is -2.39. The van der Waals surface area contributed by atoms with Crippen LogP contribution in [0.2, 0.25) is 0 Å². The Morgan fingerprint density at radius 2 is 0.854 bits per heavy atom. The maximum atomic E-state index is 12.1. The van der Waals surface area contributed by atoms with Crippen molar-refractivity contribution in [3.63, 3.8) is 0 Å². The van der Waals surface area contributed by atoms with Crippen molar-refractivity contribution < 1.29 is 119 Å². The van der Waals surface area contributed by atoms with E-state index in [1.165, 1.54) is 0 Å². The summed E-state index contributed by atoms with van der Waals surface area (Å²) in [5, 5.41) is 142. The Hall–Kier alpha value is -2.31. The van der Waals surface area contributed by atoms with E-state index >= 15 is 0 Å². The van der Waals surface area contributed by atoms with Crippen LogP contribution < -0.4 is 0 Å². The van der Waals surface area contributed by atoms with E-state index in [4.69, 9.17) is 33.2 Å². The van der Waals surface area contributed by atoms with Crippen LogP contribution in [0.4, 0.5) is 0 Å². The van der Waals surface area contributed by atoms with Crippen LogP contribution in [-0.2, 0) is 47.5 Å². The molecular formula is C24H36O24. The standard InChI is InChI=1S/C24H36O24/c25-1-2-12(5(28)7(30)21(41)42-2)43-24-11(34)13(10(33)16(47-24)19(37)38)44-23-9(32)6(29)14(17(48-23)20(39)40)45-22-8(31)3(26)4(27)15(46-22)18(35)36/h2-17,21-34,41H,1H2,(H,35,36)(H,37,38)(H,39,40)/t2-,3+,4+,5-,6-,7-,8-,9-,10-,11-,12+,13+,14+,15+,16+,17+,21+,22-,23-,24+/m1/s1. The van der Waals surface area contributed by atoms with E-state index in [0.717, 1.165) is 0 Å². The number of aliphatic carboxylic acids is 3. The topological polar surface area (TPSA) is 399 Å². The van der Waals surface area contributed by atoms with Crippen LogP contribution in [0, 0.1) is 0 Å². The molecular weight excluding hydrogens is 672 g/mol. The highest BCUT2D eigenvalue weighted by atomic mass is 16.8. The van der Waals surface area contributed by atoms with Gasteiger partial charge in [0.2, 0.25) is 0 Å². The first-order chi connectivity index (χ1) is 22.4. The smallest absolute Gasteiger partial charge is 0.335 e. The summed E-state index contributed by atoms with van der Waals surface area (Å²) >= 11 is 0. The minimum absolute atomic E-state index is 0.946. The number of hydrogen-bond donors (Lipinski definition) is 14. The van der Waals surface area contributed by atoms with Crippen molar-refractivity contribution in [2.24, 2.45) is 0 Å². The molecule has 0 aliphatic carbocycles. The molecule has 24 nitrogen and oxygen atoms in total. The second kappa shape index (κ2) is 15.3. The predicted octanol–water partition coefficient (Wildman–Crippen LogP) is -9.47. The molecule has 20 atom stereocenters. The van der Waals surface area contributed by atoms with Crippen LogP contribution in [0.1, 0.15) is 0 Å². The zero-order chi connectivity index (χ0) is 35.9. The van der Waals surface area contributed by atoms with Gasteiger partial charge in [-0.05, 0) is 0 Å². The molecule has 48 heavy (non-hydrogen) atoms. The Bertz CT molecular complexity index is 1140. The molecule has 0 radical (unpaired) electrons. The zero-order valence-corrected chi connectivity index (χ0v) is 24.1. The fourth-order valence-electron chi connectivity index (χ4n) is 5.48. The lowest BCUT2D eigenvalue weighted by atomic mass is 9.95. The van der Waals surface area contributed by atoms with Gasteiger partial charge in [0.25, 0.3) is 0 Å². The third-order valence-electron chi connectivity index (χ3n) is 8.10. The van der Waals surface area contributed by atoms with Crippen molar-refractivity contribution in [3.05, 3.63) is 0 Å². The van der Waals surface area contributed by atoms with Gasteiger partial charge in [-0.15, -0.1) is 0 Å². The molecule has 4 aliphatic rings. The summed E-state index contributed by atoms with van der Waals surface area (Å²) in [5.74, 6) is -5.65. The normalized spacial score (nSPS) is 50.1. The average Bonchev–Trinajstić information content (AvgIpc) is 3.02. The first kappa shape index (κ1) is 38.5. The molecule has 4 saturated heterocycles. The van der Waals surface area contributed by atoms with E-state index in [0.29, 0.717) is 0 Å². The van der Waals surface area contributed by atoms with Crippen molar-refractivity contribution in [2.75, 3.05) is 6.61 Å². The monoisotopic (exact) mass is 708 g/mol. The Balaban J connectivity index is 1.54. The second-order valence-corrected chi connectivity index (χ2v) is 11.3. The van der Waals surface area contributed by atoms with Gasteiger partial charge in [0.15, 0.2) is 43.5 Å². The zero-order valence-electron chi connectivity index (χ0n) is 24.1. The van der Waals surface area contributed by atoms with Crippen LogP contribution in [0.15, 0.2) is 0 Å².